The molecule has 0 radical (unpaired) electrons. The van der Waals surface area contributed by atoms with Crippen molar-refractivity contribution in [1.82, 2.24) is 9.78 Å². The van der Waals surface area contributed by atoms with E-state index in [9.17, 15) is 4.79 Å². The van der Waals surface area contributed by atoms with Crippen molar-refractivity contribution in [2.45, 2.75) is 25.5 Å². The Balaban J connectivity index is 1.39. The molecule has 0 spiro atoms. The van der Waals surface area contributed by atoms with Crippen LogP contribution in [0.3, 0.4) is 0 Å². The zero-order valence-corrected chi connectivity index (χ0v) is 18.0. The van der Waals surface area contributed by atoms with E-state index >= 15 is 0 Å². The monoisotopic (exact) mass is 420 g/mol. The number of anilines is 2. The molecular weight excluding hydrogens is 392 g/mol. The maximum Gasteiger partial charge on any atom is 0.256 e. The van der Waals surface area contributed by atoms with Crippen LogP contribution in [0.5, 0.6) is 5.75 Å². The van der Waals surface area contributed by atoms with Gasteiger partial charge in [0, 0.05) is 38.0 Å². The normalized spacial score (nSPS) is 15.6. The summed E-state index contributed by atoms with van der Waals surface area (Å²) >= 11 is 0. The van der Waals surface area contributed by atoms with Crippen LogP contribution in [0.15, 0.2) is 60.8 Å². The molecule has 2 heterocycles. The molecular formula is C24H28N4O3. The third-order valence-corrected chi connectivity index (χ3v) is 5.30. The molecule has 0 aliphatic carbocycles. The molecule has 3 aromatic rings. The first kappa shape index (κ1) is 20.9. The summed E-state index contributed by atoms with van der Waals surface area (Å²) < 4.78 is 13.2. The Kier molecular flexibility index (Phi) is 6.52. The Morgan fingerprint density at radius 3 is 2.81 bits per heavy atom. The minimum absolute atomic E-state index is 0.138. The molecule has 4 rings (SSSR count). The van der Waals surface area contributed by atoms with Crippen LogP contribution in [0.4, 0.5) is 11.5 Å². The van der Waals surface area contributed by atoms with Gasteiger partial charge in [-0.05, 0) is 48.7 Å². The second kappa shape index (κ2) is 9.66. The van der Waals surface area contributed by atoms with Gasteiger partial charge in [0.2, 0.25) is 0 Å². The Bertz CT molecular complexity index is 1010. The van der Waals surface area contributed by atoms with Gasteiger partial charge in [0.25, 0.3) is 5.91 Å². The number of carbonyl (C=O) groups is 1. The fourth-order valence-corrected chi connectivity index (χ4v) is 3.52. The number of hydrogen-bond donors (Lipinski definition) is 1. The zero-order chi connectivity index (χ0) is 21.6. The third kappa shape index (κ3) is 5.44. The van der Waals surface area contributed by atoms with Gasteiger partial charge in [-0.25, -0.2) is 4.68 Å². The topological polar surface area (TPSA) is 68.6 Å². The van der Waals surface area contributed by atoms with Crippen LogP contribution in [-0.4, -0.2) is 49.1 Å². The summed E-state index contributed by atoms with van der Waals surface area (Å²) in [5, 5.41) is 7.31. The molecule has 0 saturated carbocycles. The van der Waals surface area contributed by atoms with E-state index in [0.717, 1.165) is 30.7 Å². The molecule has 162 valence electrons. The summed E-state index contributed by atoms with van der Waals surface area (Å²) in [6.07, 6.45) is 3.91. The highest BCUT2D eigenvalue weighted by Gasteiger charge is 2.16. The van der Waals surface area contributed by atoms with Gasteiger partial charge in [-0.15, -0.1) is 0 Å². The lowest BCUT2D eigenvalue weighted by atomic mass is 10.2. The standard InChI is InChI=1S/C24H28N4O3/c1-27(2)20-10-8-18(9-11-20)16-28-23(12-13-25-28)26-24(29)19-5-3-6-21(15-19)31-17-22-7-4-14-30-22/h3,5-6,8-13,15,22H,4,7,14,16-17H2,1-2H3,(H,26,29). The third-order valence-electron chi connectivity index (χ3n) is 5.30. The molecule has 31 heavy (non-hydrogen) atoms. The quantitative estimate of drug-likeness (QED) is 0.600. The van der Waals surface area contributed by atoms with Gasteiger partial charge in [0.05, 0.1) is 18.8 Å². The lowest BCUT2D eigenvalue weighted by Gasteiger charge is -2.14. The number of carbonyl (C=O) groups excluding carboxylic acids is 1. The van der Waals surface area contributed by atoms with Gasteiger partial charge >= 0.3 is 0 Å². The summed E-state index contributed by atoms with van der Waals surface area (Å²) in [6.45, 7) is 1.87. The Labute approximate surface area is 182 Å². The summed E-state index contributed by atoms with van der Waals surface area (Å²) in [6, 6.07) is 17.3. The second-order valence-electron chi connectivity index (χ2n) is 7.86. The Hall–Kier alpha value is -3.32. The van der Waals surface area contributed by atoms with Crippen molar-refractivity contribution in [2.75, 3.05) is 37.5 Å². The number of hydrogen-bond acceptors (Lipinski definition) is 5. The minimum atomic E-state index is -0.202. The van der Waals surface area contributed by atoms with Crippen molar-refractivity contribution in [3.8, 4) is 5.75 Å². The van der Waals surface area contributed by atoms with Crippen LogP contribution < -0.4 is 15.0 Å². The Morgan fingerprint density at radius 2 is 2.06 bits per heavy atom. The van der Waals surface area contributed by atoms with Gasteiger partial charge < -0.3 is 19.7 Å². The number of nitrogens with one attached hydrogen (secondary N) is 1. The predicted molar refractivity (Wildman–Crippen MR) is 121 cm³/mol. The smallest absolute Gasteiger partial charge is 0.256 e. The summed E-state index contributed by atoms with van der Waals surface area (Å²) in [7, 11) is 4.03. The van der Waals surface area contributed by atoms with Crippen molar-refractivity contribution >= 4 is 17.4 Å². The molecule has 1 N–H and O–H groups in total. The van der Waals surface area contributed by atoms with Gasteiger partial charge in [0.15, 0.2) is 0 Å². The van der Waals surface area contributed by atoms with E-state index in [1.807, 2.05) is 26.2 Å². The number of ether oxygens (including phenoxy) is 2. The lowest BCUT2D eigenvalue weighted by molar-refractivity contribution is 0.0679. The van der Waals surface area contributed by atoms with Gasteiger partial charge in [-0.2, -0.15) is 5.10 Å². The molecule has 2 aromatic carbocycles. The summed E-state index contributed by atoms with van der Waals surface area (Å²) in [4.78, 5) is 14.9. The number of rotatable bonds is 8. The SMILES string of the molecule is CN(C)c1ccc(Cn2nccc2NC(=O)c2cccc(OCC3CCCO3)c2)cc1. The van der Waals surface area contributed by atoms with E-state index in [1.165, 1.54) is 0 Å². The van der Waals surface area contributed by atoms with E-state index in [1.54, 1.807) is 29.1 Å². The number of benzene rings is 2. The van der Waals surface area contributed by atoms with Crippen LogP contribution >= 0.6 is 0 Å². The molecule has 1 amide bonds. The predicted octanol–water partition coefficient (Wildman–Crippen LogP) is 3.81. The first-order valence-corrected chi connectivity index (χ1v) is 10.5. The highest BCUT2D eigenvalue weighted by molar-refractivity contribution is 6.04. The molecule has 1 saturated heterocycles. The zero-order valence-electron chi connectivity index (χ0n) is 18.0. The Morgan fingerprint density at radius 1 is 1.23 bits per heavy atom. The fourth-order valence-electron chi connectivity index (χ4n) is 3.52. The highest BCUT2D eigenvalue weighted by Crippen LogP contribution is 2.19. The van der Waals surface area contributed by atoms with Crippen LogP contribution in [0, 0.1) is 0 Å². The molecule has 7 nitrogen and oxygen atoms in total. The van der Waals surface area contributed by atoms with E-state index in [0.29, 0.717) is 30.3 Å². The van der Waals surface area contributed by atoms with Crippen LogP contribution in [0.25, 0.3) is 0 Å². The van der Waals surface area contributed by atoms with Crippen molar-refractivity contribution in [3.63, 3.8) is 0 Å². The molecule has 1 atom stereocenters. The second-order valence-corrected chi connectivity index (χ2v) is 7.86. The van der Waals surface area contributed by atoms with Crippen molar-refractivity contribution in [1.29, 1.82) is 0 Å². The number of nitrogens with zero attached hydrogens (tertiary/aromatic N) is 3. The first-order chi connectivity index (χ1) is 15.1. The van der Waals surface area contributed by atoms with E-state index < -0.39 is 0 Å². The van der Waals surface area contributed by atoms with E-state index in [4.69, 9.17) is 9.47 Å². The minimum Gasteiger partial charge on any atom is -0.491 e. The average Bonchev–Trinajstić information content (AvgIpc) is 3.45. The first-order valence-electron chi connectivity index (χ1n) is 10.5. The average molecular weight is 421 g/mol. The van der Waals surface area contributed by atoms with Gasteiger partial charge in [-0.3, -0.25) is 4.79 Å². The molecule has 1 aliphatic heterocycles. The van der Waals surface area contributed by atoms with E-state index in [-0.39, 0.29) is 12.0 Å². The molecule has 1 fully saturated rings. The highest BCUT2D eigenvalue weighted by atomic mass is 16.5. The molecule has 0 bridgehead atoms. The molecule has 1 unspecified atom stereocenters. The fraction of sp³-hybridized carbons (Fsp3) is 0.333. The van der Waals surface area contributed by atoms with Crippen LogP contribution in [0.1, 0.15) is 28.8 Å². The molecule has 1 aliphatic rings. The van der Waals surface area contributed by atoms with Gasteiger partial charge in [-0.1, -0.05) is 18.2 Å². The molecule has 1 aromatic heterocycles. The number of aromatic nitrogens is 2. The largest absolute Gasteiger partial charge is 0.491 e. The van der Waals surface area contributed by atoms with Crippen molar-refractivity contribution < 1.29 is 14.3 Å². The maximum absolute atomic E-state index is 12.8. The summed E-state index contributed by atoms with van der Waals surface area (Å²) in [5.74, 6) is 1.11. The number of amides is 1. The maximum atomic E-state index is 12.8. The van der Waals surface area contributed by atoms with Crippen LogP contribution in [-0.2, 0) is 11.3 Å². The van der Waals surface area contributed by atoms with Gasteiger partial charge in [0.1, 0.15) is 18.2 Å². The summed E-state index contributed by atoms with van der Waals surface area (Å²) in [5.41, 5.74) is 2.78. The van der Waals surface area contributed by atoms with E-state index in [2.05, 4.69) is 39.6 Å². The lowest BCUT2D eigenvalue weighted by Crippen LogP contribution is -2.18. The molecule has 7 heteroatoms. The van der Waals surface area contributed by atoms with Crippen LogP contribution in [0.2, 0.25) is 0 Å². The van der Waals surface area contributed by atoms with Crippen molar-refractivity contribution in [2.24, 2.45) is 0 Å². The van der Waals surface area contributed by atoms with Crippen molar-refractivity contribution in [3.05, 3.63) is 71.9 Å².